The summed E-state index contributed by atoms with van der Waals surface area (Å²) >= 11 is 0. The first-order valence-corrected chi connectivity index (χ1v) is 9.54. The summed E-state index contributed by atoms with van der Waals surface area (Å²) in [5.41, 5.74) is 0. The van der Waals surface area contributed by atoms with Crippen LogP contribution in [0, 0.1) is 0 Å². The molecule has 2 rings (SSSR count). The molecule has 0 spiro atoms. The van der Waals surface area contributed by atoms with Gasteiger partial charge in [-0.05, 0) is 12.8 Å². The Labute approximate surface area is 155 Å². The number of rotatable bonds is 6. The van der Waals surface area contributed by atoms with Crippen LogP contribution in [0.2, 0.25) is 0 Å². The number of carbonyl (C=O) groups excluding carboxylic acids is 2. The van der Waals surface area contributed by atoms with Crippen molar-refractivity contribution in [2.24, 2.45) is 0 Å². The van der Waals surface area contributed by atoms with Gasteiger partial charge >= 0.3 is 5.97 Å². The number of amides is 1. The van der Waals surface area contributed by atoms with Crippen molar-refractivity contribution in [1.82, 2.24) is 18.8 Å². The van der Waals surface area contributed by atoms with Crippen LogP contribution in [0.5, 0.6) is 0 Å². The second-order valence-electron chi connectivity index (χ2n) is 6.07. The molecule has 2 aliphatic heterocycles. The van der Waals surface area contributed by atoms with E-state index in [0.29, 0.717) is 32.6 Å². The lowest BCUT2D eigenvalue weighted by Crippen LogP contribution is -2.58. The maximum absolute atomic E-state index is 12.7. The molecule has 2 heterocycles. The summed E-state index contributed by atoms with van der Waals surface area (Å²) in [6.07, 6.45) is 1.54. The van der Waals surface area contributed by atoms with Crippen LogP contribution >= 0.6 is 12.4 Å². The largest absolute Gasteiger partial charge is 0.469 e. The van der Waals surface area contributed by atoms with Crippen molar-refractivity contribution in [3.63, 3.8) is 0 Å². The van der Waals surface area contributed by atoms with Crippen LogP contribution in [0.4, 0.5) is 0 Å². The molecule has 2 fully saturated rings. The fourth-order valence-electron chi connectivity index (χ4n) is 3.06. The highest BCUT2D eigenvalue weighted by atomic mass is 35.5. The summed E-state index contributed by atoms with van der Waals surface area (Å²) in [6, 6.07) is -0.0860. The van der Waals surface area contributed by atoms with Gasteiger partial charge in [0.2, 0.25) is 5.91 Å². The topological polar surface area (TPSA) is 99.3 Å². The third-order valence-corrected chi connectivity index (χ3v) is 6.46. The summed E-state index contributed by atoms with van der Waals surface area (Å²) in [7, 11) is -0.919. The minimum atomic E-state index is -3.65. The molecule has 0 radical (unpaired) electrons. The van der Waals surface area contributed by atoms with Gasteiger partial charge in [0.1, 0.15) is 0 Å². The fraction of sp³-hybridized carbons (Fsp3) is 0.857. The number of carbonyl (C=O) groups is 2. The summed E-state index contributed by atoms with van der Waals surface area (Å²) < 4.78 is 32.5. The lowest BCUT2D eigenvalue weighted by molar-refractivity contribution is -0.140. The minimum absolute atomic E-state index is 0. The second kappa shape index (κ2) is 9.67. The Morgan fingerprint density at radius 3 is 2.76 bits per heavy atom. The lowest BCUT2D eigenvalue weighted by atomic mass is 10.1. The Balaban J connectivity index is 0.00000312. The van der Waals surface area contributed by atoms with E-state index in [9.17, 15) is 18.0 Å². The van der Waals surface area contributed by atoms with E-state index in [4.69, 9.17) is 0 Å². The maximum atomic E-state index is 12.7. The highest BCUT2D eigenvalue weighted by Gasteiger charge is 2.36. The van der Waals surface area contributed by atoms with Gasteiger partial charge in [0.05, 0.1) is 20.1 Å². The van der Waals surface area contributed by atoms with Crippen LogP contribution in [0.15, 0.2) is 0 Å². The first kappa shape index (κ1) is 22.1. The quantitative estimate of drug-likeness (QED) is 0.579. The van der Waals surface area contributed by atoms with Crippen LogP contribution in [-0.2, 0) is 24.5 Å². The molecule has 2 aliphatic rings. The van der Waals surface area contributed by atoms with Gasteiger partial charge in [-0.2, -0.15) is 17.0 Å². The van der Waals surface area contributed by atoms with Crippen LogP contribution in [0.3, 0.4) is 0 Å². The number of hydrogen-bond acceptors (Lipinski definition) is 6. The van der Waals surface area contributed by atoms with Crippen molar-refractivity contribution in [1.29, 1.82) is 0 Å². The van der Waals surface area contributed by atoms with E-state index in [1.54, 1.807) is 4.90 Å². The van der Waals surface area contributed by atoms with E-state index < -0.39 is 16.2 Å². The summed E-state index contributed by atoms with van der Waals surface area (Å²) in [4.78, 5) is 25.0. The van der Waals surface area contributed by atoms with Gasteiger partial charge in [-0.3, -0.25) is 9.59 Å². The van der Waals surface area contributed by atoms with Crippen molar-refractivity contribution in [2.45, 2.75) is 25.3 Å². The number of esters is 1. The summed E-state index contributed by atoms with van der Waals surface area (Å²) in [5, 5.41) is 3.02. The third kappa shape index (κ3) is 5.52. The van der Waals surface area contributed by atoms with E-state index in [2.05, 4.69) is 10.1 Å². The molecular weight excluding hydrogens is 372 g/mol. The van der Waals surface area contributed by atoms with Gasteiger partial charge in [-0.15, -0.1) is 12.4 Å². The highest BCUT2D eigenvalue weighted by molar-refractivity contribution is 7.86. The minimum Gasteiger partial charge on any atom is -0.469 e. The predicted molar refractivity (Wildman–Crippen MR) is 94.6 cm³/mol. The second-order valence-corrected chi connectivity index (χ2v) is 8.11. The molecule has 1 amide bonds. The maximum Gasteiger partial charge on any atom is 0.306 e. The van der Waals surface area contributed by atoms with E-state index in [1.165, 1.54) is 22.8 Å². The van der Waals surface area contributed by atoms with E-state index in [1.807, 2.05) is 0 Å². The standard InChI is InChI=1S/C14H26N4O5S.ClH/c1-16(8-5-14(20)23-2)24(21,22)17-7-3-4-12(11-17)18-9-6-15-10-13(18)19;/h12,15H,3-11H2,1-2H3;1H. The monoisotopic (exact) mass is 398 g/mol. The van der Waals surface area contributed by atoms with Crippen LogP contribution < -0.4 is 5.32 Å². The zero-order chi connectivity index (χ0) is 17.7. The average molecular weight is 399 g/mol. The van der Waals surface area contributed by atoms with Crippen molar-refractivity contribution in [2.75, 3.05) is 53.4 Å². The van der Waals surface area contributed by atoms with Crippen LogP contribution in [-0.4, -0.2) is 93.3 Å². The first-order chi connectivity index (χ1) is 11.4. The number of methoxy groups -OCH3 is 1. The van der Waals surface area contributed by atoms with E-state index in [-0.39, 0.29) is 37.3 Å². The van der Waals surface area contributed by atoms with Gasteiger partial charge < -0.3 is 15.0 Å². The molecule has 1 atom stereocenters. The number of piperazine rings is 1. The number of nitrogens with one attached hydrogen (secondary N) is 1. The average Bonchev–Trinajstić information content (AvgIpc) is 2.59. The van der Waals surface area contributed by atoms with E-state index >= 15 is 0 Å². The third-order valence-electron chi connectivity index (χ3n) is 4.50. The molecule has 25 heavy (non-hydrogen) atoms. The molecule has 1 N–H and O–H groups in total. The molecule has 11 heteroatoms. The van der Waals surface area contributed by atoms with Crippen LogP contribution in [0.25, 0.3) is 0 Å². The molecule has 1 unspecified atom stereocenters. The molecule has 0 aromatic heterocycles. The van der Waals surface area contributed by atoms with E-state index in [0.717, 1.165) is 13.0 Å². The smallest absolute Gasteiger partial charge is 0.306 e. The predicted octanol–water partition coefficient (Wildman–Crippen LogP) is -0.956. The number of nitrogens with zero attached hydrogens (tertiary/aromatic N) is 3. The van der Waals surface area contributed by atoms with Gasteiger partial charge in [-0.1, -0.05) is 0 Å². The van der Waals surface area contributed by atoms with Gasteiger partial charge in [-0.25, -0.2) is 0 Å². The van der Waals surface area contributed by atoms with Gasteiger partial charge in [0.15, 0.2) is 0 Å². The molecule has 2 saturated heterocycles. The number of piperidine rings is 1. The summed E-state index contributed by atoms with van der Waals surface area (Å²) in [6.45, 7) is 2.45. The Morgan fingerprint density at radius 2 is 2.12 bits per heavy atom. The zero-order valence-corrected chi connectivity index (χ0v) is 16.3. The van der Waals surface area contributed by atoms with Crippen molar-refractivity contribution in [3.05, 3.63) is 0 Å². The highest BCUT2D eigenvalue weighted by Crippen LogP contribution is 2.21. The normalized spacial score (nSPS) is 22.6. The Hall–Kier alpha value is -0.940. The number of halogens is 1. The van der Waals surface area contributed by atoms with Crippen molar-refractivity contribution in [3.8, 4) is 0 Å². The molecule has 0 saturated carbocycles. The fourth-order valence-corrected chi connectivity index (χ4v) is 4.49. The Bertz CT molecular complexity index is 574. The Morgan fingerprint density at radius 1 is 1.40 bits per heavy atom. The molecule has 0 aromatic carbocycles. The first-order valence-electron chi connectivity index (χ1n) is 8.14. The molecule has 0 bridgehead atoms. The van der Waals surface area contributed by atoms with Crippen molar-refractivity contribution >= 4 is 34.5 Å². The molecule has 146 valence electrons. The molecule has 0 aliphatic carbocycles. The molecular formula is C14H27ClN4O5S. The lowest BCUT2D eigenvalue weighted by Gasteiger charge is -2.41. The van der Waals surface area contributed by atoms with Crippen molar-refractivity contribution < 1.29 is 22.7 Å². The number of hydrogen-bond donors (Lipinski definition) is 1. The number of ether oxygens (including phenoxy) is 1. The Kier molecular flexibility index (Phi) is 8.55. The molecule has 9 nitrogen and oxygen atoms in total. The molecule has 0 aromatic rings. The van der Waals surface area contributed by atoms with Gasteiger partial charge in [0.25, 0.3) is 10.2 Å². The summed E-state index contributed by atoms with van der Waals surface area (Å²) in [5.74, 6) is -0.426. The SMILES string of the molecule is COC(=O)CCN(C)S(=O)(=O)N1CCCC(N2CCNCC2=O)C1.Cl. The van der Waals surface area contributed by atoms with Gasteiger partial charge in [0, 0.05) is 45.8 Å². The van der Waals surface area contributed by atoms with Crippen LogP contribution in [0.1, 0.15) is 19.3 Å². The zero-order valence-electron chi connectivity index (χ0n) is 14.6.